The maximum Gasteiger partial charge on any atom is 0.161 e. The lowest BCUT2D eigenvalue weighted by atomic mass is 10.2. The normalized spacial score (nSPS) is 9.73. The van der Waals surface area contributed by atoms with Crippen molar-refractivity contribution < 1.29 is 4.79 Å². The minimum Gasteiger partial charge on any atom is -0.294 e. The molecule has 58 valence electrons. The van der Waals surface area contributed by atoms with Gasteiger partial charge in [-0.2, -0.15) is 0 Å². The molecule has 1 rings (SSSR count). The van der Waals surface area contributed by atoms with E-state index in [0.717, 1.165) is 3.57 Å². The molecule has 0 aliphatic carbocycles. The number of Topliss-reactive ketones (excluding diaryl/α,β-unsaturated/α-hetero) is 1. The highest BCUT2D eigenvalue weighted by Gasteiger charge is 2.02. The van der Waals surface area contributed by atoms with Gasteiger partial charge in [0.2, 0.25) is 0 Å². The Labute approximate surface area is 83.1 Å². The Morgan fingerprint density at radius 3 is 2.82 bits per heavy atom. The lowest BCUT2D eigenvalue weighted by Gasteiger charge is -1.96. The van der Waals surface area contributed by atoms with Gasteiger partial charge in [0.15, 0.2) is 5.78 Å². The molecule has 0 aliphatic heterocycles. The third kappa shape index (κ3) is 2.13. The number of rotatable bonds is 1. The topological polar surface area (TPSA) is 30.0 Å². The maximum atomic E-state index is 10.8. The zero-order valence-corrected chi connectivity index (χ0v) is 8.68. The second-order valence-corrected chi connectivity index (χ2v) is 3.57. The second-order valence-electron chi connectivity index (χ2n) is 2.05. The molecule has 0 amide bonds. The van der Waals surface area contributed by atoms with E-state index in [9.17, 15) is 4.79 Å². The Morgan fingerprint density at radius 2 is 2.36 bits per heavy atom. The molecule has 0 aliphatic rings. The van der Waals surface area contributed by atoms with E-state index in [4.69, 9.17) is 11.6 Å². The van der Waals surface area contributed by atoms with Crippen LogP contribution in [0.5, 0.6) is 0 Å². The molecule has 0 spiro atoms. The van der Waals surface area contributed by atoms with Crippen LogP contribution in [0.4, 0.5) is 0 Å². The van der Waals surface area contributed by atoms with E-state index in [1.807, 2.05) is 22.6 Å². The van der Waals surface area contributed by atoms with Crippen molar-refractivity contribution >= 4 is 40.0 Å². The monoisotopic (exact) mass is 281 g/mol. The van der Waals surface area contributed by atoms with Crippen molar-refractivity contribution in [3.8, 4) is 0 Å². The average molecular weight is 281 g/mol. The van der Waals surface area contributed by atoms with E-state index in [1.165, 1.54) is 13.1 Å². The van der Waals surface area contributed by atoms with Crippen molar-refractivity contribution in [2.24, 2.45) is 0 Å². The van der Waals surface area contributed by atoms with E-state index in [1.54, 1.807) is 6.07 Å². The minimum absolute atomic E-state index is 0.00656. The summed E-state index contributed by atoms with van der Waals surface area (Å²) in [6, 6.07) is 1.72. The molecule has 0 bridgehead atoms. The Bertz CT molecular complexity index is 300. The third-order valence-corrected chi connectivity index (χ3v) is 2.65. The number of nitrogens with zero attached hydrogens (tertiary/aromatic N) is 1. The molecule has 4 heteroatoms. The van der Waals surface area contributed by atoms with Gasteiger partial charge in [0.1, 0.15) is 5.15 Å². The van der Waals surface area contributed by atoms with Gasteiger partial charge in [-0.1, -0.05) is 11.6 Å². The zero-order valence-electron chi connectivity index (χ0n) is 5.77. The van der Waals surface area contributed by atoms with Gasteiger partial charge in [-0.15, -0.1) is 0 Å². The van der Waals surface area contributed by atoms with Crippen molar-refractivity contribution in [2.75, 3.05) is 0 Å². The van der Waals surface area contributed by atoms with Crippen molar-refractivity contribution in [3.63, 3.8) is 0 Å². The van der Waals surface area contributed by atoms with E-state index < -0.39 is 0 Å². The van der Waals surface area contributed by atoms with Crippen LogP contribution in [0.2, 0.25) is 5.15 Å². The third-order valence-electron chi connectivity index (χ3n) is 1.20. The predicted octanol–water partition coefficient (Wildman–Crippen LogP) is 2.54. The first-order valence-corrected chi connectivity index (χ1v) is 4.39. The number of halogens is 2. The Kier molecular flexibility index (Phi) is 2.84. The Morgan fingerprint density at radius 1 is 1.73 bits per heavy atom. The summed E-state index contributed by atoms with van der Waals surface area (Å²) >= 11 is 7.69. The van der Waals surface area contributed by atoms with Gasteiger partial charge >= 0.3 is 0 Å². The number of hydrogen-bond donors (Lipinski definition) is 0. The number of pyridine rings is 1. The van der Waals surface area contributed by atoms with Crippen LogP contribution in [-0.4, -0.2) is 10.8 Å². The maximum absolute atomic E-state index is 10.8. The van der Waals surface area contributed by atoms with Crippen LogP contribution in [0.3, 0.4) is 0 Å². The molecule has 0 N–H and O–H groups in total. The molecule has 0 atom stereocenters. The highest BCUT2D eigenvalue weighted by Crippen LogP contribution is 2.16. The lowest BCUT2D eigenvalue weighted by molar-refractivity contribution is 0.101. The van der Waals surface area contributed by atoms with Crippen LogP contribution in [0.15, 0.2) is 12.3 Å². The van der Waals surface area contributed by atoms with E-state index in [0.29, 0.717) is 10.7 Å². The summed E-state index contributed by atoms with van der Waals surface area (Å²) < 4.78 is 0.803. The molecule has 0 aromatic carbocycles. The number of ketones is 1. The molecule has 11 heavy (non-hydrogen) atoms. The van der Waals surface area contributed by atoms with Gasteiger partial charge in [-0.05, 0) is 35.6 Å². The van der Waals surface area contributed by atoms with Crippen LogP contribution in [0, 0.1) is 3.57 Å². The minimum atomic E-state index is 0.00656. The molecule has 1 aromatic rings. The van der Waals surface area contributed by atoms with Crippen molar-refractivity contribution in [3.05, 3.63) is 26.5 Å². The summed E-state index contributed by atoms with van der Waals surface area (Å²) in [6.07, 6.45) is 1.48. The standard InChI is InChI=1S/C7H5ClINO/c1-4(11)5-2-6(9)7(8)10-3-5/h2-3H,1H3. The first-order chi connectivity index (χ1) is 5.11. The summed E-state index contributed by atoms with van der Waals surface area (Å²) in [6.45, 7) is 1.50. The van der Waals surface area contributed by atoms with Crippen LogP contribution < -0.4 is 0 Å². The van der Waals surface area contributed by atoms with Crippen molar-refractivity contribution in [1.29, 1.82) is 0 Å². The largest absolute Gasteiger partial charge is 0.294 e. The first-order valence-electron chi connectivity index (χ1n) is 2.93. The highest BCUT2D eigenvalue weighted by atomic mass is 127. The Hall–Kier alpha value is -0.160. The fourth-order valence-electron chi connectivity index (χ4n) is 0.614. The molecule has 1 heterocycles. The summed E-state index contributed by atoms with van der Waals surface area (Å²) in [7, 11) is 0. The van der Waals surface area contributed by atoms with Gasteiger partial charge in [0.25, 0.3) is 0 Å². The Balaban J connectivity index is 3.15. The van der Waals surface area contributed by atoms with Gasteiger partial charge in [-0.3, -0.25) is 4.79 Å². The summed E-state index contributed by atoms with van der Waals surface area (Å²) in [5, 5.41) is 0.440. The molecular formula is C7H5ClINO. The van der Waals surface area contributed by atoms with Crippen molar-refractivity contribution in [2.45, 2.75) is 6.92 Å². The van der Waals surface area contributed by atoms with E-state index in [2.05, 4.69) is 4.98 Å². The fraction of sp³-hybridized carbons (Fsp3) is 0.143. The molecular weight excluding hydrogens is 276 g/mol. The van der Waals surface area contributed by atoms with Gasteiger partial charge < -0.3 is 0 Å². The zero-order chi connectivity index (χ0) is 8.43. The fourth-order valence-corrected chi connectivity index (χ4v) is 1.19. The lowest BCUT2D eigenvalue weighted by Crippen LogP contribution is -1.94. The summed E-state index contributed by atoms with van der Waals surface area (Å²) in [4.78, 5) is 14.7. The molecule has 0 unspecified atom stereocenters. The van der Waals surface area contributed by atoms with Gasteiger partial charge in [-0.25, -0.2) is 4.98 Å². The number of hydrogen-bond acceptors (Lipinski definition) is 2. The summed E-state index contributed by atoms with van der Waals surface area (Å²) in [5.74, 6) is 0.00656. The first kappa shape index (κ1) is 8.93. The van der Waals surface area contributed by atoms with Crippen LogP contribution in [0.1, 0.15) is 17.3 Å². The average Bonchev–Trinajstić information content (AvgIpc) is 1.94. The van der Waals surface area contributed by atoms with E-state index in [-0.39, 0.29) is 5.78 Å². The molecule has 0 radical (unpaired) electrons. The number of carbonyl (C=O) groups excluding carboxylic acids is 1. The molecule has 0 saturated heterocycles. The van der Waals surface area contributed by atoms with E-state index >= 15 is 0 Å². The van der Waals surface area contributed by atoms with Crippen LogP contribution in [0.25, 0.3) is 0 Å². The number of carbonyl (C=O) groups is 1. The summed E-state index contributed by atoms with van der Waals surface area (Å²) in [5.41, 5.74) is 0.596. The van der Waals surface area contributed by atoms with Gasteiger partial charge in [0, 0.05) is 11.8 Å². The van der Waals surface area contributed by atoms with Crippen LogP contribution in [-0.2, 0) is 0 Å². The molecule has 0 saturated carbocycles. The predicted molar refractivity (Wildman–Crippen MR) is 52.0 cm³/mol. The van der Waals surface area contributed by atoms with Crippen molar-refractivity contribution in [1.82, 2.24) is 4.98 Å². The van der Waals surface area contributed by atoms with Gasteiger partial charge in [0.05, 0.1) is 3.57 Å². The highest BCUT2D eigenvalue weighted by molar-refractivity contribution is 14.1. The smallest absolute Gasteiger partial charge is 0.161 e. The second kappa shape index (κ2) is 3.49. The molecule has 0 fully saturated rings. The molecule has 1 aromatic heterocycles. The number of aromatic nitrogens is 1. The van der Waals surface area contributed by atoms with Crippen LogP contribution >= 0.6 is 34.2 Å². The molecule has 2 nitrogen and oxygen atoms in total. The SMILES string of the molecule is CC(=O)c1cnc(Cl)c(I)c1. The quantitative estimate of drug-likeness (QED) is 0.450.